The lowest BCUT2D eigenvalue weighted by atomic mass is 9.90. The Morgan fingerprint density at radius 2 is 1.37 bits per heavy atom. The maximum Gasteiger partial charge on any atom is 0.487 e. The van der Waals surface area contributed by atoms with E-state index in [1.807, 2.05) is 77.0 Å². The van der Waals surface area contributed by atoms with Crippen molar-refractivity contribution in [3.8, 4) is 0 Å². The van der Waals surface area contributed by atoms with Gasteiger partial charge in [-0.2, -0.15) is 0 Å². The van der Waals surface area contributed by atoms with Crippen molar-refractivity contribution in [2.75, 3.05) is 6.61 Å². The Morgan fingerprint density at radius 3 is 1.77 bits per heavy atom. The molecule has 0 N–H and O–H groups in total. The van der Waals surface area contributed by atoms with Crippen molar-refractivity contribution < 1.29 is 18.8 Å². The van der Waals surface area contributed by atoms with Gasteiger partial charge in [0.15, 0.2) is 8.07 Å². The van der Waals surface area contributed by atoms with Gasteiger partial charge in [0, 0.05) is 5.20 Å². The summed E-state index contributed by atoms with van der Waals surface area (Å²) in [5, 5.41) is 2.90. The maximum atomic E-state index is 13.3. The van der Waals surface area contributed by atoms with Crippen LogP contribution in [0.25, 0.3) is 0 Å². The van der Waals surface area contributed by atoms with Crippen molar-refractivity contribution in [1.29, 1.82) is 0 Å². The lowest BCUT2D eigenvalue weighted by Crippen LogP contribution is -2.59. The second-order valence-corrected chi connectivity index (χ2v) is 12.7. The van der Waals surface area contributed by atoms with Crippen LogP contribution in [0.2, 0.25) is 6.55 Å². The monoisotopic (exact) mass is 422 g/mol. The molecule has 3 rings (SSSR count). The summed E-state index contributed by atoms with van der Waals surface area (Å²) in [6.45, 7) is 12.4. The Balaban J connectivity index is 2.18. The summed E-state index contributed by atoms with van der Waals surface area (Å²) in [7, 11) is -3.28. The third-order valence-corrected chi connectivity index (χ3v) is 10.7. The van der Waals surface area contributed by atoms with Crippen LogP contribution in [-0.2, 0) is 18.8 Å². The van der Waals surface area contributed by atoms with Crippen LogP contribution in [0.3, 0.4) is 0 Å². The van der Waals surface area contributed by atoms with Crippen molar-refractivity contribution in [3.63, 3.8) is 0 Å². The van der Waals surface area contributed by atoms with E-state index in [2.05, 4.69) is 30.8 Å². The van der Waals surface area contributed by atoms with Crippen LogP contribution >= 0.6 is 0 Å². The number of esters is 1. The zero-order valence-electron chi connectivity index (χ0n) is 18.8. The summed E-state index contributed by atoms with van der Waals surface area (Å²) >= 11 is 0. The topological polar surface area (TPSA) is 44.8 Å². The van der Waals surface area contributed by atoms with E-state index in [-0.39, 0.29) is 5.97 Å². The summed E-state index contributed by atoms with van der Waals surface area (Å²) in [4.78, 5) is 13.3. The Morgan fingerprint density at radius 1 is 0.933 bits per heavy atom. The lowest BCUT2D eigenvalue weighted by Gasteiger charge is -2.32. The number of carbonyl (C=O) groups is 1. The first kappa shape index (κ1) is 22.5. The molecule has 0 radical (unpaired) electrons. The van der Waals surface area contributed by atoms with Gasteiger partial charge in [-0.1, -0.05) is 67.2 Å². The van der Waals surface area contributed by atoms with Crippen LogP contribution in [-0.4, -0.2) is 39.0 Å². The van der Waals surface area contributed by atoms with Crippen molar-refractivity contribution in [2.24, 2.45) is 0 Å². The number of benzene rings is 2. The summed E-state index contributed by atoms with van der Waals surface area (Å²) in [6.07, 6.45) is 0. The van der Waals surface area contributed by atoms with Gasteiger partial charge in [0.05, 0.1) is 17.8 Å². The molecule has 1 aliphatic heterocycles. The van der Waals surface area contributed by atoms with Crippen LogP contribution in [0.4, 0.5) is 0 Å². The van der Waals surface area contributed by atoms with E-state index in [9.17, 15) is 4.79 Å². The molecule has 1 heterocycles. The summed E-state index contributed by atoms with van der Waals surface area (Å²) in [5.74, 6) is 1.54. The predicted octanol–water partition coefficient (Wildman–Crippen LogP) is 3.54. The van der Waals surface area contributed by atoms with E-state index in [4.69, 9.17) is 14.0 Å². The van der Waals surface area contributed by atoms with Gasteiger partial charge in [-0.25, -0.2) is 4.79 Å². The molecule has 0 unspecified atom stereocenters. The quantitative estimate of drug-likeness (QED) is 0.406. The molecule has 4 nitrogen and oxygen atoms in total. The Labute approximate surface area is 181 Å². The van der Waals surface area contributed by atoms with Gasteiger partial charge in [0.2, 0.25) is 0 Å². The van der Waals surface area contributed by atoms with Crippen molar-refractivity contribution in [3.05, 3.63) is 71.8 Å². The molecule has 0 aliphatic carbocycles. The fraction of sp³-hybridized carbons (Fsp3) is 0.375. The molecule has 1 aliphatic rings. The molecule has 30 heavy (non-hydrogen) atoms. The number of carbonyl (C=O) groups excluding carboxylic acids is 1. The number of hydrogen-bond donors (Lipinski definition) is 0. The Hall–Kier alpha value is -2.15. The standard InChI is InChI=1S/C24H31BO4Si/c1-7-27-22(26)21(18-25-28-23(2,3)24(4,5)29-25)30(6,19-14-10-8-11-15-19)20-16-12-9-13-17-20/h8-18H,7H2,1-6H3/b21-18+. The minimum Gasteiger partial charge on any atom is -0.463 e. The first-order valence-electron chi connectivity index (χ1n) is 10.5. The van der Waals surface area contributed by atoms with Gasteiger partial charge in [0.25, 0.3) is 0 Å². The second-order valence-electron chi connectivity index (χ2n) is 8.78. The highest BCUT2D eigenvalue weighted by molar-refractivity contribution is 7.09. The lowest BCUT2D eigenvalue weighted by molar-refractivity contribution is -0.137. The highest BCUT2D eigenvalue weighted by Crippen LogP contribution is 2.37. The molecule has 0 spiro atoms. The van der Waals surface area contributed by atoms with Gasteiger partial charge in [-0.15, -0.1) is 0 Å². The molecule has 2 aromatic carbocycles. The van der Waals surface area contributed by atoms with Gasteiger partial charge < -0.3 is 14.0 Å². The molecule has 1 fully saturated rings. The largest absolute Gasteiger partial charge is 0.487 e. The van der Waals surface area contributed by atoms with Crippen molar-refractivity contribution >= 4 is 31.5 Å². The summed E-state index contributed by atoms with van der Waals surface area (Å²) < 4.78 is 17.9. The normalized spacial score (nSPS) is 18.3. The maximum absolute atomic E-state index is 13.3. The molecule has 0 saturated carbocycles. The average molecular weight is 422 g/mol. The second kappa shape index (κ2) is 8.54. The first-order chi connectivity index (χ1) is 14.1. The minimum absolute atomic E-state index is 0.311. The molecule has 0 bridgehead atoms. The van der Waals surface area contributed by atoms with Crippen LogP contribution < -0.4 is 10.4 Å². The Bertz CT molecular complexity index is 854. The fourth-order valence-corrected chi connectivity index (χ4v) is 7.38. The third-order valence-electron chi connectivity index (χ3n) is 6.31. The molecule has 0 atom stereocenters. The van der Waals surface area contributed by atoms with Crippen LogP contribution in [0.15, 0.2) is 71.8 Å². The number of rotatable bonds is 6. The van der Waals surface area contributed by atoms with Crippen molar-refractivity contribution in [1.82, 2.24) is 0 Å². The zero-order chi connectivity index (χ0) is 22.0. The molecular weight excluding hydrogens is 391 g/mol. The molecule has 2 aromatic rings. The van der Waals surface area contributed by atoms with E-state index >= 15 is 0 Å². The summed E-state index contributed by atoms with van der Waals surface area (Å²) in [6, 6.07) is 20.4. The first-order valence-corrected chi connectivity index (χ1v) is 13.0. The van der Waals surface area contributed by atoms with Gasteiger partial charge in [0.1, 0.15) is 0 Å². The smallest absolute Gasteiger partial charge is 0.463 e. The number of hydrogen-bond acceptors (Lipinski definition) is 4. The molecular formula is C24H31BO4Si. The van der Waals surface area contributed by atoms with Gasteiger partial charge >= 0.3 is 13.1 Å². The van der Waals surface area contributed by atoms with E-state index in [1.165, 1.54) is 0 Å². The SMILES string of the molecule is CCOC(=O)/C(=C\B1OC(C)(C)C(C)(C)O1)[Si](C)(c1ccccc1)c1ccccc1. The third kappa shape index (κ3) is 4.17. The van der Waals surface area contributed by atoms with E-state index in [0.717, 1.165) is 10.4 Å². The van der Waals surface area contributed by atoms with Crippen LogP contribution in [0.5, 0.6) is 0 Å². The molecule has 158 valence electrons. The highest BCUT2D eigenvalue weighted by Gasteiger charge is 2.52. The van der Waals surface area contributed by atoms with E-state index in [0.29, 0.717) is 11.8 Å². The van der Waals surface area contributed by atoms with Crippen LogP contribution in [0, 0.1) is 0 Å². The summed E-state index contributed by atoms with van der Waals surface area (Å²) in [5.41, 5.74) is -0.962. The Kier molecular flexibility index (Phi) is 6.41. The number of ether oxygens (including phenoxy) is 1. The highest BCUT2D eigenvalue weighted by atomic mass is 28.3. The zero-order valence-corrected chi connectivity index (χ0v) is 19.8. The van der Waals surface area contributed by atoms with Gasteiger partial charge in [-0.05, 0) is 51.0 Å². The molecule has 6 heteroatoms. The minimum atomic E-state index is -2.67. The van der Waals surface area contributed by atoms with E-state index < -0.39 is 26.4 Å². The van der Waals surface area contributed by atoms with E-state index in [1.54, 1.807) is 0 Å². The van der Waals surface area contributed by atoms with Crippen molar-refractivity contribution in [2.45, 2.75) is 52.4 Å². The predicted molar refractivity (Wildman–Crippen MR) is 125 cm³/mol. The van der Waals surface area contributed by atoms with Crippen LogP contribution in [0.1, 0.15) is 34.6 Å². The van der Waals surface area contributed by atoms with Gasteiger partial charge in [-0.3, -0.25) is 0 Å². The average Bonchev–Trinajstić information content (AvgIpc) is 2.93. The molecule has 0 amide bonds. The molecule has 1 saturated heterocycles. The fourth-order valence-electron chi connectivity index (χ4n) is 3.76. The molecule has 0 aromatic heterocycles.